The summed E-state index contributed by atoms with van der Waals surface area (Å²) in [6.07, 6.45) is 3.83. The number of nitrogens with two attached hydrogens (primary N) is 1. The predicted molar refractivity (Wildman–Crippen MR) is 73.7 cm³/mol. The second-order valence-electron chi connectivity index (χ2n) is 4.51. The van der Waals surface area contributed by atoms with Gasteiger partial charge in [0, 0.05) is 31.6 Å². The quantitative estimate of drug-likeness (QED) is 0.525. The lowest BCUT2D eigenvalue weighted by atomic mass is 10.1. The molecule has 104 valence electrons. The molecule has 0 aliphatic carbocycles. The maximum atomic E-state index is 11.4. The molecule has 1 aliphatic rings. The summed E-state index contributed by atoms with van der Waals surface area (Å²) in [5, 5.41) is 2.86. The second kappa shape index (κ2) is 6.33. The number of rotatable bonds is 4. The summed E-state index contributed by atoms with van der Waals surface area (Å²) in [5.74, 6) is 7.13. The number of hydrazine groups is 1. The van der Waals surface area contributed by atoms with Gasteiger partial charge < -0.3 is 15.6 Å². The molecular formula is C12H20N6O. The van der Waals surface area contributed by atoms with Gasteiger partial charge in [-0.25, -0.2) is 15.8 Å². The zero-order chi connectivity index (χ0) is 13.7. The zero-order valence-corrected chi connectivity index (χ0v) is 11.1. The van der Waals surface area contributed by atoms with E-state index >= 15 is 0 Å². The zero-order valence-electron chi connectivity index (χ0n) is 11.1. The Kier molecular flexibility index (Phi) is 4.51. The maximum Gasteiger partial charge on any atom is 0.221 e. The van der Waals surface area contributed by atoms with E-state index in [-0.39, 0.29) is 5.91 Å². The van der Waals surface area contributed by atoms with Gasteiger partial charge in [0.05, 0.1) is 0 Å². The molecule has 7 nitrogen and oxygen atoms in total. The van der Waals surface area contributed by atoms with E-state index in [2.05, 4.69) is 32.5 Å². The number of anilines is 2. The molecule has 2 heterocycles. The van der Waals surface area contributed by atoms with Crippen LogP contribution in [-0.4, -0.2) is 35.5 Å². The van der Waals surface area contributed by atoms with Crippen LogP contribution >= 0.6 is 0 Å². The van der Waals surface area contributed by atoms with E-state index in [1.54, 1.807) is 0 Å². The van der Waals surface area contributed by atoms with E-state index in [4.69, 9.17) is 5.84 Å². The van der Waals surface area contributed by atoms with Crippen LogP contribution in [0.1, 0.15) is 25.3 Å². The van der Waals surface area contributed by atoms with Crippen LogP contribution in [0.2, 0.25) is 0 Å². The number of aromatic nitrogens is 2. The first-order valence-corrected chi connectivity index (χ1v) is 6.58. The van der Waals surface area contributed by atoms with Crippen molar-refractivity contribution in [1.82, 2.24) is 15.3 Å². The lowest BCUT2D eigenvalue weighted by Crippen LogP contribution is -2.30. The summed E-state index contributed by atoms with van der Waals surface area (Å²) >= 11 is 0. The molecule has 2 rings (SSSR count). The minimum Gasteiger partial charge on any atom is -0.354 e. The van der Waals surface area contributed by atoms with Gasteiger partial charge in [-0.05, 0) is 6.42 Å². The fourth-order valence-corrected chi connectivity index (χ4v) is 2.26. The summed E-state index contributed by atoms with van der Waals surface area (Å²) in [7, 11) is 0. The van der Waals surface area contributed by atoms with Gasteiger partial charge in [0.25, 0.3) is 0 Å². The molecule has 1 fully saturated rings. The molecule has 7 heteroatoms. The molecule has 0 radical (unpaired) electrons. The average Bonchev–Trinajstić information content (AvgIpc) is 2.64. The number of carbonyl (C=O) groups is 1. The molecule has 1 aromatic rings. The molecule has 19 heavy (non-hydrogen) atoms. The summed E-state index contributed by atoms with van der Waals surface area (Å²) < 4.78 is 0. The molecule has 0 spiro atoms. The largest absolute Gasteiger partial charge is 0.354 e. The van der Waals surface area contributed by atoms with Crippen molar-refractivity contribution in [2.45, 2.75) is 26.2 Å². The minimum absolute atomic E-state index is 0.0887. The maximum absolute atomic E-state index is 11.4. The highest BCUT2D eigenvalue weighted by molar-refractivity contribution is 5.77. The standard InChI is InChI=1S/C12H20N6O/c1-2-3-9-11(17-13)15-8-16-12(9)18-6-4-10(19)14-5-7-18/h8H,2-7,13H2,1H3,(H,14,19)(H,15,16,17). The van der Waals surface area contributed by atoms with Crippen LogP contribution in [0, 0.1) is 0 Å². The first-order chi connectivity index (χ1) is 9.26. The molecule has 0 atom stereocenters. The van der Waals surface area contributed by atoms with Gasteiger partial charge in [-0.1, -0.05) is 13.3 Å². The van der Waals surface area contributed by atoms with E-state index in [0.29, 0.717) is 25.3 Å². The van der Waals surface area contributed by atoms with Crippen LogP contribution in [0.5, 0.6) is 0 Å². The second-order valence-corrected chi connectivity index (χ2v) is 4.51. The van der Waals surface area contributed by atoms with Gasteiger partial charge in [0.15, 0.2) is 0 Å². The Balaban J connectivity index is 2.29. The first kappa shape index (κ1) is 13.5. The van der Waals surface area contributed by atoms with Crippen molar-refractivity contribution in [3.8, 4) is 0 Å². The van der Waals surface area contributed by atoms with Crippen LogP contribution in [0.15, 0.2) is 6.33 Å². The van der Waals surface area contributed by atoms with Crippen molar-refractivity contribution in [1.29, 1.82) is 0 Å². The molecule has 1 aliphatic heterocycles. The van der Waals surface area contributed by atoms with Crippen molar-refractivity contribution in [2.75, 3.05) is 30.0 Å². The van der Waals surface area contributed by atoms with Gasteiger partial charge in [-0.15, -0.1) is 0 Å². The summed E-state index contributed by atoms with van der Waals surface area (Å²) in [5.41, 5.74) is 3.64. The molecule has 1 amide bonds. The van der Waals surface area contributed by atoms with E-state index in [0.717, 1.165) is 30.8 Å². The monoisotopic (exact) mass is 264 g/mol. The van der Waals surface area contributed by atoms with Crippen molar-refractivity contribution >= 4 is 17.5 Å². The van der Waals surface area contributed by atoms with Gasteiger partial charge in [-0.2, -0.15) is 0 Å². The van der Waals surface area contributed by atoms with E-state index in [9.17, 15) is 4.79 Å². The Bertz CT molecular complexity index is 450. The Morgan fingerprint density at radius 2 is 2.32 bits per heavy atom. The van der Waals surface area contributed by atoms with Gasteiger partial charge in [0.2, 0.25) is 5.91 Å². The van der Waals surface area contributed by atoms with E-state index in [1.807, 2.05) is 0 Å². The van der Waals surface area contributed by atoms with E-state index < -0.39 is 0 Å². The average molecular weight is 264 g/mol. The number of hydrogen-bond acceptors (Lipinski definition) is 6. The molecular weight excluding hydrogens is 244 g/mol. The van der Waals surface area contributed by atoms with E-state index in [1.165, 1.54) is 6.33 Å². The number of carbonyl (C=O) groups excluding carboxylic acids is 1. The summed E-state index contributed by atoms with van der Waals surface area (Å²) in [6, 6.07) is 0. The Morgan fingerprint density at radius 1 is 1.47 bits per heavy atom. The number of hydrogen-bond donors (Lipinski definition) is 3. The highest BCUT2D eigenvalue weighted by atomic mass is 16.1. The Morgan fingerprint density at radius 3 is 3.05 bits per heavy atom. The predicted octanol–water partition coefficient (Wildman–Crippen LogP) is 0.0410. The minimum atomic E-state index is 0.0887. The first-order valence-electron chi connectivity index (χ1n) is 6.58. The lowest BCUT2D eigenvalue weighted by molar-refractivity contribution is -0.120. The third-order valence-electron chi connectivity index (χ3n) is 3.17. The smallest absolute Gasteiger partial charge is 0.221 e. The van der Waals surface area contributed by atoms with Crippen molar-refractivity contribution in [3.05, 3.63) is 11.9 Å². The molecule has 0 aromatic carbocycles. The molecule has 1 saturated heterocycles. The third-order valence-corrected chi connectivity index (χ3v) is 3.17. The van der Waals surface area contributed by atoms with Crippen LogP contribution in [0.3, 0.4) is 0 Å². The topological polar surface area (TPSA) is 96.2 Å². The van der Waals surface area contributed by atoms with Crippen LogP contribution in [0.25, 0.3) is 0 Å². The van der Waals surface area contributed by atoms with Crippen molar-refractivity contribution < 1.29 is 4.79 Å². The summed E-state index contributed by atoms with van der Waals surface area (Å²) in [4.78, 5) is 22.0. The highest BCUT2D eigenvalue weighted by Crippen LogP contribution is 2.24. The van der Waals surface area contributed by atoms with Gasteiger partial charge in [0.1, 0.15) is 18.0 Å². The summed E-state index contributed by atoms with van der Waals surface area (Å²) in [6.45, 7) is 4.16. The van der Waals surface area contributed by atoms with Gasteiger partial charge in [-0.3, -0.25) is 4.79 Å². The number of nitrogen functional groups attached to an aromatic ring is 1. The number of nitrogens with zero attached hydrogens (tertiary/aromatic N) is 3. The van der Waals surface area contributed by atoms with Crippen molar-refractivity contribution in [3.63, 3.8) is 0 Å². The fraction of sp³-hybridized carbons (Fsp3) is 0.583. The fourth-order valence-electron chi connectivity index (χ4n) is 2.26. The van der Waals surface area contributed by atoms with Crippen LogP contribution in [-0.2, 0) is 11.2 Å². The molecule has 4 N–H and O–H groups in total. The number of amides is 1. The van der Waals surface area contributed by atoms with Gasteiger partial charge >= 0.3 is 0 Å². The normalized spacial score (nSPS) is 15.9. The van der Waals surface area contributed by atoms with Crippen LogP contribution < -0.4 is 21.5 Å². The Labute approximate surface area is 112 Å². The van der Waals surface area contributed by atoms with Crippen molar-refractivity contribution in [2.24, 2.45) is 5.84 Å². The lowest BCUT2D eigenvalue weighted by Gasteiger charge is -2.24. The Hall–Kier alpha value is -1.89. The molecule has 0 saturated carbocycles. The SMILES string of the molecule is CCCc1c(NN)ncnc1N1CCNC(=O)CC1. The molecule has 0 unspecified atom stereocenters. The molecule has 1 aromatic heterocycles. The van der Waals surface area contributed by atoms with Crippen LogP contribution in [0.4, 0.5) is 11.6 Å². The highest BCUT2D eigenvalue weighted by Gasteiger charge is 2.19. The molecule has 0 bridgehead atoms. The third kappa shape index (κ3) is 3.11. The number of nitrogens with one attached hydrogen (secondary N) is 2.